The van der Waals surface area contributed by atoms with Gasteiger partial charge in [0.15, 0.2) is 0 Å². The number of hydrogen-bond donors (Lipinski definition) is 1. The maximum atomic E-state index is 12.0. The van der Waals surface area contributed by atoms with Gasteiger partial charge in [0.1, 0.15) is 5.82 Å². The standard InChI is InChI=1S/C14H21N3O2/c18-14(12-2-1-7-19-10-12)16-9-11-3-5-17-6-4-15-13(17)8-11/h4,6,11-12H,1-3,5,7-10H2,(H,16,18)/t11-,12-/m1/s1. The molecule has 3 heterocycles. The first-order valence-electron chi connectivity index (χ1n) is 7.18. The molecule has 1 aromatic heterocycles. The van der Waals surface area contributed by atoms with Crippen molar-refractivity contribution in [3.63, 3.8) is 0 Å². The van der Waals surface area contributed by atoms with Gasteiger partial charge in [0, 0.05) is 38.5 Å². The second kappa shape index (κ2) is 5.74. The first-order valence-corrected chi connectivity index (χ1v) is 7.18. The number of rotatable bonds is 3. The predicted molar refractivity (Wildman–Crippen MR) is 70.6 cm³/mol. The van der Waals surface area contributed by atoms with Crippen LogP contribution >= 0.6 is 0 Å². The van der Waals surface area contributed by atoms with Gasteiger partial charge < -0.3 is 14.6 Å². The van der Waals surface area contributed by atoms with E-state index in [0.717, 1.165) is 51.2 Å². The highest BCUT2D eigenvalue weighted by atomic mass is 16.5. The van der Waals surface area contributed by atoms with Crippen LogP contribution in [0.2, 0.25) is 0 Å². The van der Waals surface area contributed by atoms with Crippen LogP contribution in [0.3, 0.4) is 0 Å². The van der Waals surface area contributed by atoms with E-state index in [9.17, 15) is 4.79 Å². The molecule has 0 bridgehead atoms. The lowest BCUT2D eigenvalue weighted by Crippen LogP contribution is -2.39. The van der Waals surface area contributed by atoms with Crippen LogP contribution < -0.4 is 5.32 Å². The molecule has 0 spiro atoms. The molecule has 1 aromatic rings. The van der Waals surface area contributed by atoms with Gasteiger partial charge in [-0.25, -0.2) is 4.98 Å². The number of fused-ring (bicyclic) bond motifs is 1. The number of aromatic nitrogens is 2. The van der Waals surface area contributed by atoms with Crippen LogP contribution in [0.15, 0.2) is 12.4 Å². The second-order valence-electron chi connectivity index (χ2n) is 5.55. The zero-order chi connectivity index (χ0) is 13.1. The van der Waals surface area contributed by atoms with Crippen LogP contribution in [0.25, 0.3) is 0 Å². The fourth-order valence-electron chi connectivity index (χ4n) is 2.93. The summed E-state index contributed by atoms with van der Waals surface area (Å²) in [7, 11) is 0. The summed E-state index contributed by atoms with van der Waals surface area (Å²) in [6, 6.07) is 0. The molecule has 2 aliphatic heterocycles. The summed E-state index contributed by atoms with van der Waals surface area (Å²) in [4.78, 5) is 16.4. The van der Waals surface area contributed by atoms with E-state index in [1.165, 1.54) is 0 Å². The van der Waals surface area contributed by atoms with Gasteiger partial charge in [-0.15, -0.1) is 0 Å². The van der Waals surface area contributed by atoms with E-state index in [1.807, 2.05) is 12.4 Å². The maximum Gasteiger partial charge on any atom is 0.225 e. The first kappa shape index (κ1) is 12.7. The van der Waals surface area contributed by atoms with Crippen molar-refractivity contribution >= 4 is 5.91 Å². The van der Waals surface area contributed by atoms with Crippen molar-refractivity contribution in [2.45, 2.75) is 32.2 Å². The molecule has 1 N–H and O–H groups in total. The molecule has 104 valence electrons. The summed E-state index contributed by atoms with van der Waals surface area (Å²) in [5, 5.41) is 3.09. The minimum Gasteiger partial charge on any atom is -0.381 e. The van der Waals surface area contributed by atoms with Crippen molar-refractivity contribution in [1.29, 1.82) is 0 Å². The number of imidazole rings is 1. The molecule has 5 heteroatoms. The Morgan fingerprint density at radius 2 is 2.47 bits per heavy atom. The highest BCUT2D eigenvalue weighted by Gasteiger charge is 2.24. The fourth-order valence-corrected chi connectivity index (χ4v) is 2.93. The van der Waals surface area contributed by atoms with Gasteiger partial charge in [0.05, 0.1) is 12.5 Å². The van der Waals surface area contributed by atoms with E-state index in [4.69, 9.17) is 4.74 Å². The third kappa shape index (κ3) is 2.97. The van der Waals surface area contributed by atoms with Gasteiger partial charge in [-0.05, 0) is 25.2 Å². The van der Waals surface area contributed by atoms with Crippen LogP contribution in [0, 0.1) is 11.8 Å². The highest BCUT2D eigenvalue weighted by Crippen LogP contribution is 2.19. The van der Waals surface area contributed by atoms with E-state index in [0.29, 0.717) is 12.5 Å². The van der Waals surface area contributed by atoms with E-state index in [-0.39, 0.29) is 11.8 Å². The molecule has 1 fully saturated rings. The number of hydrogen-bond acceptors (Lipinski definition) is 3. The van der Waals surface area contributed by atoms with Crippen molar-refractivity contribution in [3.05, 3.63) is 18.2 Å². The average Bonchev–Trinajstić information content (AvgIpc) is 2.93. The lowest BCUT2D eigenvalue weighted by atomic mass is 9.96. The molecule has 0 aromatic carbocycles. The fraction of sp³-hybridized carbons (Fsp3) is 0.714. The molecule has 0 radical (unpaired) electrons. The monoisotopic (exact) mass is 263 g/mol. The molecule has 3 rings (SSSR count). The normalized spacial score (nSPS) is 26.7. The van der Waals surface area contributed by atoms with Gasteiger partial charge in [0.25, 0.3) is 0 Å². The van der Waals surface area contributed by atoms with E-state index in [2.05, 4.69) is 14.9 Å². The number of carbonyl (C=O) groups excluding carboxylic acids is 1. The Balaban J connectivity index is 1.46. The Bertz CT molecular complexity index is 438. The SMILES string of the molecule is O=C(NC[C@@H]1CCn2ccnc2C1)[C@@H]1CCCOC1. The first-order chi connectivity index (χ1) is 9.33. The van der Waals surface area contributed by atoms with Crippen LogP contribution in [0.1, 0.15) is 25.1 Å². The largest absolute Gasteiger partial charge is 0.381 e. The van der Waals surface area contributed by atoms with Gasteiger partial charge in [-0.3, -0.25) is 4.79 Å². The predicted octanol–water partition coefficient (Wildman–Crippen LogP) is 0.988. The third-order valence-electron chi connectivity index (χ3n) is 4.15. The van der Waals surface area contributed by atoms with Gasteiger partial charge >= 0.3 is 0 Å². The number of nitrogens with one attached hydrogen (secondary N) is 1. The van der Waals surface area contributed by atoms with E-state index >= 15 is 0 Å². The molecule has 2 aliphatic rings. The minimum atomic E-state index is 0.0549. The third-order valence-corrected chi connectivity index (χ3v) is 4.15. The summed E-state index contributed by atoms with van der Waals surface area (Å²) < 4.78 is 7.56. The maximum absolute atomic E-state index is 12.0. The summed E-state index contributed by atoms with van der Waals surface area (Å²) in [6.45, 7) is 3.17. The number of aryl methyl sites for hydroxylation is 1. The summed E-state index contributed by atoms with van der Waals surface area (Å²) in [6.07, 6.45) is 7.93. The highest BCUT2D eigenvalue weighted by molar-refractivity contribution is 5.78. The average molecular weight is 263 g/mol. The van der Waals surface area contributed by atoms with Gasteiger partial charge in [0.2, 0.25) is 5.91 Å². The van der Waals surface area contributed by atoms with Crippen LogP contribution in [0.4, 0.5) is 0 Å². The number of nitrogens with zero attached hydrogens (tertiary/aromatic N) is 2. The smallest absolute Gasteiger partial charge is 0.225 e. The molecule has 0 saturated carbocycles. The summed E-state index contributed by atoms with van der Waals surface area (Å²) in [5.74, 6) is 1.88. The van der Waals surface area contributed by atoms with E-state index in [1.54, 1.807) is 0 Å². The zero-order valence-corrected chi connectivity index (χ0v) is 11.2. The van der Waals surface area contributed by atoms with Crippen LogP contribution in [-0.4, -0.2) is 35.2 Å². The molecule has 0 unspecified atom stereocenters. The molecule has 5 nitrogen and oxygen atoms in total. The molecule has 0 aliphatic carbocycles. The van der Waals surface area contributed by atoms with Crippen molar-refractivity contribution in [2.75, 3.05) is 19.8 Å². The molecular formula is C14H21N3O2. The minimum absolute atomic E-state index is 0.0549. The van der Waals surface area contributed by atoms with Gasteiger partial charge in [-0.1, -0.05) is 0 Å². The molecule has 1 amide bonds. The zero-order valence-electron chi connectivity index (χ0n) is 11.2. The van der Waals surface area contributed by atoms with Crippen molar-refractivity contribution in [1.82, 2.24) is 14.9 Å². The van der Waals surface area contributed by atoms with Crippen molar-refractivity contribution < 1.29 is 9.53 Å². The number of amides is 1. The Hall–Kier alpha value is -1.36. The Morgan fingerprint density at radius 1 is 1.53 bits per heavy atom. The Kier molecular flexibility index (Phi) is 3.82. The van der Waals surface area contributed by atoms with Crippen molar-refractivity contribution in [3.8, 4) is 0 Å². The Labute approximate surface area is 113 Å². The van der Waals surface area contributed by atoms with Gasteiger partial charge in [-0.2, -0.15) is 0 Å². The summed E-state index contributed by atoms with van der Waals surface area (Å²) >= 11 is 0. The molecule has 1 saturated heterocycles. The number of ether oxygens (including phenoxy) is 1. The van der Waals surface area contributed by atoms with Crippen LogP contribution in [-0.2, 0) is 22.5 Å². The number of carbonyl (C=O) groups is 1. The van der Waals surface area contributed by atoms with Crippen LogP contribution in [0.5, 0.6) is 0 Å². The molecule has 19 heavy (non-hydrogen) atoms. The lowest BCUT2D eigenvalue weighted by molar-refractivity contribution is -0.129. The lowest BCUT2D eigenvalue weighted by Gasteiger charge is -2.25. The van der Waals surface area contributed by atoms with E-state index < -0.39 is 0 Å². The quantitative estimate of drug-likeness (QED) is 0.884. The Morgan fingerprint density at radius 3 is 3.32 bits per heavy atom. The van der Waals surface area contributed by atoms with Crippen molar-refractivity contribution in [2.24, 2.45) is 11.8 Å². The topological polar surface area (TPSA) is 56.2 Å². The summed E-state index contributed by atoms with van der Waals surface area (Å²) in [5.41, 5.74) is 0. The molecular weight excluding hydrogens is 242 g/mol. The molecule has 2 atom stereocenters. The second-order valence-corrected chi connectivity index (χ2v) is 5.55.